The minimum atomic E-state index is -4.98. The summed E-state index contributed by atoms with van der Waals surface area (Å²) in [5.41, 5.74) is -3.44. The van der Waals surface area contributed by atoms with Gasteiger partial charge in [0.05, 0.1) is 22.6 Å². The molecule has 2 rings (SSSR count). The van der Waals surface area contributed by atoms with Crippen molar-refractivity contribution in [3.8, 4) is 0 Å². The standard InChI is InChI=1S/C15H13F6NO3S/c16-14(17,18)10-5-9(6-11(7-10)15(19,20)21)1-2-13(23)22-12-3-4-26(24,25)8-12/h1-2,5-7,12H,3-4,8H2,(H,22,23). The van der Waals surface area contributed by atoms with Crippen LogP contribution in [0.1, 0.15) is 23.1 Å². The van der Waals surface area contributed by atoms with Gasteiger partial charge < -0.3 is 5.32 Å². The molecule has 1 heterocycles. The number of benzene rings is 1. The van der Waals surface area contributed by atoms with E-state index in [1.165, 1.54) is 0 Å². The van der Waals surface area contributed by atoms with E-state index in [1.807, 2.05) is 0 Å². The summed E-state index contributed by atoms with van der Waals surface area (Å²) in [7, 11) is -3.24. The molecule has 4 nitrogen and oxygen atoms in total. The molecule has 11 heteroatoms. The molecule has 1 atom stereocenters. The number of nitrogens with one attached hydrogen (secondary N) is 1. The lowest BCUT2D eigenvalue weighted by atomic mass is 10.0. The van der Waals surface area contributed by atoms with Crippen molar-refractivity contribution in [1.29, 1.82) is 0 Å². The smallest absolute Gasteiger partial charge is 0.349 e. The highest BCUT2D eigenvalue weighted by Crippen LogP contribution is 2.36. The number of alkyl halides is 6. The van der Waals surface area contributed by atoms with Gasteiger partial charge in [-0.2, -0.15) is 26.3 Å². The van der Waals surface area contributed by atoms with E-state index >= 15 is 0 Å². The molecule has 0 bridgehead atoms. The molecule has 26 heavy (non-hydrogen) atoms. The van der Waals surface area contributed by atoms with Crippen LogP contribution in [0.15, 0.2) is 24.3 Å². The number of rotatable bonds is 3. The van der Waals surface area contributed by atoms with Crippen molar-refractivity contribution in [2.75, 3.05) is 11.5 Å². The minimum absolute atomic E-state index is 0.0131. The number of carbonyl (C=O) groups is 1. The van der Waals surface area contributed by atoms with Gasteiger partial charge in [-0.05, 0) is 36.3 Å². The van der Waals surface area contributed by atoms with Crippen molar-refractivity contribution in [2.45, 2.75) is 24.8 Å². The quantitative estimate of drug-likeness (QED) is 0.626. The summed E-state index contributed by atoms with van der Waals surface area (Å²) in [6, 6.07) is 0.322. The van der Waals surface area contributed by atoms with Crippen LogP contribution in [0.25, 0.3) is 6.08 Å². The zero-order valence-corrected chi connectivity index (χ0v) is 13.8. The van der Waals surface area contributed by atoms with Gasteiger partial charge in [-0.15, -0.1) is 0 Å². The SMILES string of the molecule is O=C(C=Cc1cc(C(F)(F)F)cc(C(F)(F)F)c1)NC1CCS(=O)(=O)C1. The number of hydrogen-bond acceptors (Lipinski definition) is 3. The van der Waals surface area contributed by atoms with Crippen LogP contribution in [0.4, 0.5) is 26.3 Å². The van der Waals surface area contributed by atoms with Gasteiger partial charge in [0.1, 0.15) is 0 Å². The summed E-state index contributed by atoms with van der Waals surface area (Å²) < 4.78 is 99.1. The Morgan fingerprint density at radius 1 is 1.04 bits per heavy atom. The van der Waals surface area contributed by atoms with E-state index in [-0.39, 0.29) is 24.0 Å². The van der Waals surface area contributed by atoms with E-state index in [9.17, 15) is 39.6 Å². The zero-order chi connectivity index (χ0) is 19.8. The molecule has 1 saturated heterocycles. The van der Waals surface area contributed by atoms with Gasteiger partial charge >= 0.3 is 12.4 Å². The molecule has 0 radical (unpaired) electrons. The predicted molar refractivity (Wildman–Crippen MR) is 80.7 cm³/mol. The van der Waals surface area contributed by atoms with Crippen molar-refractivity contribution in [3.63, 3.8) is 0 Å². The lowest BCUT2D eigenvalue weighted by Crippen LogP contribution is -2.34. The summed E-state index contributed by atoms with van der Waals surface area (Å²) in [6.45, 7) is 0. The lowest BCUT2D eigenvalue weighted by molar-refractivity contribution is -0.143. The average Bonchev–Trinajstić information content (AvgIpc) is 2.82. The summed E-state index contributed by atoms with van der Waals surface area (Å²) in [4.78, 5) is 11.7. The molecule has 1 aromatic rings. The highest BCUT2D eigenvalue weighted by atomic mass is 32.2. The van der Waals surface area contributed by atoms with Crippen LogP contribution in [-0.4, -0.2) is 31.9 Å². The van der Waals surface area contributed by atoms with Crippen molar-refractivity contribution < 1.29 is 39.6 Å². The minimum Gasteiger partial charge on any atom is -0.349 e. The number of carbonyl (C=O) groups excluding carboxylic acids is 1. The van der Waals surface area contributed by atoms with Gasteiger partial charge in [0.15, 0.2) is 9.84 Å². The van der Waals surface area contributed by atoms with Gasteiger partial charge in [0, 0.05) is 12.1 Å². The molecule has 1 aromatic carbocycles. The number of amides is 1. The van der Waals surface area contributed by atoms with E-state index in [0.29, 0.717) is 12.1 Å². The fourth-order valence-corrected chi connectivity index (χ4v) is 4.08. The Morgan fingerprint density at radius 2 is 1.58 bits per heavy atom. The van der Waals surface area contributed by atoms with E-state index in [4.69, 9.17) is 0 Å². The molecule has 1 N–H and O–H groups in total. The van der Waals surface area contributed by atoms with Crippen LogP contribution in [0, 0.1) is 0 Å². The van der Waals surface area contributed by atoms with Gasteiger partial charge in [0.25, 0.3) is 0 Å². The summed E-state index contributed by atoms with van der Waals surface area (Å²) in [5.74, 6) is -1.16. The number of hydrogen-bond donors (Lipinski definition) is 1. The van der Waals surface area contributed by atoms with E-state index in [2.05, 4.69) is 5.32 Å². The molecule has 0 aliphatic carbocycles. The van der Waals surface area contributed by atoms with Crippen LogP contribution in [0.3, 0.4) is 0 Å². The van der Waals surface area contributed by atoms with E-state index < -0.39 is 50.8 Å². The summed E-state index contributed by atoms with van der Waals surface area (Å²) in [6.07, 6.45) is -8.19. The van der Waals surface area contributed by atoms with Gasteiger partial charge in [-0.3, -0.25) is 4.79 Å². The molecule has 1 unspecified atom stereocenters. The highest BCUT2D eigenvalue weighted by molar-refractivity contribution is 7.91. The predicted octanol–water partition coefficient (Wildman–Crippen LogP) is 3.04. The maximum absolute atomic E-state index is 12.8. The molecule has 144 valence electrons. The lowest BCUT2D eigenvalue weighted by Gasteiger charge is -2.13. The van der Waals surface area contributed by atoms with Crippen LogP contribution >= 0.6 is 0 Å². The Balaban J connectivity index is 2.19. The molecule has 0 aromatic heterocycles. The first-order valence-electron chi connectivity index (χ1n) is 7.25. The molecule has 1 aliphatic heterocycles. The molecule has 1 amide bonds. The Morgan fingerprint density at radius 3 is 2.00 bits per heavy atom. The van der Waals surface area contributed by atoms with Crippen molar-refractivity contribution >= 4 is 21.8 Å². The summed E-state index contributed by atoms with van der Waals surface area (Å²) in [5, 5.41) is 2.35. The Labute approximate surface area is 144 Å². The van der Waals surface area contributed by atoms with Crippen molar-refractivity contribution in [2.24, 2.45) is 0 Å². The fraction of sp³-hybridized carbons (Fsp3) is 0.400. The molecule has 0 spiro atoms. The third-order valence-electron chi connectivity index (χ3n) is 3.62. The second-order valence-corrected chi connectivity index (χ2v) is 8.01. The summed E-state index contributed by atoms with van der Waals surface area (Å²) >= 11 is 0. The maximum atomic E-state index is 12.8. The zero-order valence-electron chi connectivity index (χ0n) is 13.0. The van der Waals surface area contributed by atoms with Crippen LogP contribution < -0.4 is 5.32 Å². The molecular weight excluding hydrogens is 388 g/mol. The first kappa shape index (κ1) is 20.3. The molecule has 1 fully saturated rings. The average molecular weight is 401 g/mol. The number of sulfone groups is 1. The highest BCUT2D eigenvalue weighted by Gasteiger charge is 2.36. The van der Waals surface area contributed by atoms with Crippen LogP contribution in [0.5, 0.6) is 0 Å². The van der Waals surface area contributed by atoms with E-state index in [1.54, 1.807) is 0 Å². The maximum Gasteiger partial charge on any atom is 0.416 e. The van der Waals surface area contributed by atoms with Crippen LogP contribution in [0.2, 0.25) is 0 Å². The third-order valence-corrected chi connectivity index (χ3v) is 5.38. The molecular formula is C15H13F6NO3S. The van der Waals surface area contributed by atoms with Gasteiger partial charge in [-0.25, -0.2) is 8.42 Å². The monoisotopic (exact) mass is 401 g/mol. The van der Waals surface area contributed by atoms with Crippen LogP contribution in [-0.2, 0) is 27.0 Å². The second kappa shape index (κ2) is 6.93. The third kappa shape index (κ3) is 5.48. The van der Waals surface area contributed by atoms with E-state index in [0.717, 1.165) is 12.2 Å². The molecule has 1 aliphatic rings. The van der Waals surface area contributed by atoms with Gasteiger partial charge in [-0.1, -0.05) is 0 Å². The molecule has 0 saturated carbocycles. The topological polar surface area (TPSA) is 63.2 Å². The fourth-order valence-electron chi connectivity index (χ4n) is 2.41. The first-order chi connectivity index (χ1) is 11.8. The Bertz CT molecular complexity index is 795. The Hall–Kier alpha value is -2.04. The normalized spacial score (nSPS) is 20.5. The largest absolute Gasteiger partial charge is 0.416 e. The van der Waals surface area contributed by atoms with Crippen molar-refractivity contribution in [1.82, 2.24) is 5.32 Å². The second-order valence-electron chi connectivity index (χ2n) is 5.78. The number of halogens is 6. The first-order valence-corrected chi connectivity index (χ1v) is 9.07. The Kier molecular flexibility index (Phi) is 5.41. The van der Waals surface area contributed by atoms with Gasteiger partial charge in [0.2, 0.25) is 5.91 Å². The van der Waals surface area contributed by atoms with Crippen molar-refractivity contribution in [3.05, 3.63) is 41.0 Å².